The van der Waals surface area contributed by atoms with Crippen LogP contribution in [-0.4, -0.2) is 11.1 Å². The van der Waals surface area contributed by atoms with E-state index >= 15 is 0 Å². The van der Waals surface area contributed by atoms with Crippen molar-refractivity contribution in [3.8, 4) is 0 Å². The summed E-state index contributed by atoms with van der Waals surface area (Å²) < 4.78 is 0. The van der Waals surface area contributed by atoms with Crippen molar-refractivity contribution in [2.24, 2.45) is 0 Å². The third kappa shape index (κ3) is 10.7. The molecule has 0 heterocycles. The molecule has 0 saturated carbocycles. The number of rotatable bonds is 2. The summed E-state index contributed by atoms with van der Waals surface area (Å²) >= 11 is 0. The summed E-state index contributed by atoms with van der Waals surface area (Å²) in [6, 6.07) is 0. The molecular formula is C4H6O2Zr+4. The molecule has 0 fully saturated rings. The Morgan fingerprint density at radius 2 is 2.29 bits per heavy atom. The van der Waals surface area contributed by atoms with Gasteiger partial charge >= 0.3 is 32.2 Å². The van der Waals surface area contributed by atoms with E-state index in [-0.39, 0.29) is 32.6 Å². The maximum Gasteiger partial charge on any atom is 4.00 e. The number of hydrogen-bond donors (Lipinski definition) is 1. The molecule has 0 aromatic carbocycles. The summed E-state index contributed by atoms with van der Waals surface area (Å²) in [5, 5.41) is 7.84. The number of carboxylic acids is 1. The molecule has 0 spiro atoms. The summed E-state index contributed by atoms with van der Waals surface area (Å²) in [5.41, 5.74) is 0. The topological polar surface area (TPSA) is 37.3 Å². The van der Waals surface area contributed by atoms with Crippen LogP contribution in [0.3, 0.4) is 0 Å². The maximum atomic E-state index is 9.53. The molecule has 2 nitrogen and oxygen atoms in total. The Labute approximate surface area is 61.3 Å². The zero-order valence-corrected chi connectivity index (χ0v) is 6.31. The van der Waals surface area contributed by atoms with Crippen molar-refractivity contribution in [3.05, 3.63) is 12.7 Å². The van der Waals surface area contributed by atoms with Crippen LogP contribution in [-0.2, 0) is 31.0 Å². The third-order valence-corrected chi connectivity index (χ3v) is 0.319. The molecule has 7 heavy (non-hydrogen) atoms. The van der Waals surface area contributed by atoms with E-state index in [1.807, 2.05) is 0 Å². The zero-order chi connectivity index (χ0) is 4.99. The van der Waals surface area contributed by atoms with Crippen LogP contribution in [0.5, 0.6) is 0 Å². The van der Waals surface area contributed by atoms with Crippen molar-refractivity contribution in [1.82, 2.24) is 0 Å². The first-order valence-electron chi connectivity index (χ1n) is 1.60. The van der Waals surface area contributed by atoms with Crippen LogP contribution in [0, 0.1) is 0 Å². The largest absolute Gasteiger partial charge is 4.00 e. The van der Waals surface area contributed by atoms with E-state index in [0.717, 1.165) is 0 Å². The Balaban J connectivity index is 0. The van der Waals surface area contributed by atoms with Gasteiger partial charge in [0.2, 0.25) is 0 Å². The fraction of sp³-hybridized carbons (Fsp3) is 0.250. The fourth-order valence-electron chi connectivity index (χ4n) is 0.123. The van der Waals surface area contributed by atoms with Gasteiger partial charge in [-0.25, -0.2) is 0 Å². The van der Waals surface area contributed by atoms with Gasteiger partial charge < -0.3 is 5.11 Å². The van der Waals surface area contributed by atoms with Crippen molar-refractivity contribution >= 4 is 5.97 Å². The van der Waals surface area contributed by atoms with E-state index in [9.17, 15) is 4.79 Å². The fourth-order valence-corrected chi connectivity index (χ4v) is 0.123. The number of aliphatic carboxylic acids is 1. The predicted octanol–water partition coefficient (Wildman–Crippen LogP) is 0.645. The van der Waals surface area contributed by atoms with Crippen LogP contribution in [0.15, 0.2) is 12.7 Å². The van der Waals surface area contributed by atoms with Crippen LogP contribution in [0.4, 0.5) is 0 Å². The molecule has 0 saturated heterocycles. The normalized spacial score (nSPS) is 6.29. The summed E-state index contributed by atoms with van der Waals surface area (Å²) in [7, 11) is 0. The van der Waals surface area contributed by atoms with Crippen LogP contribution in [0.1, 0.15) is 6.42 Å². The average molecular weight is 177 g/mol. The van der Waals surface area contributed by atoms with E-state index in [1.165, 1.54) is 6.08 Å². The summed E-state index contributed by atoms with van der Waals surface area (Å²) in [6.07, 6.45) is 1.41. The van der Waals surface area contributed by atoms with Crippen LogP contribution >= 0.6 is 0 Å². The van der Waals surface area contributed by atoms with Crippen LogP contribution < -0.4 is 0 Å². The Hall–Kier alpha value is 0.0931. The average Bonchev–Trinajstić information content (AvgIpc) is 1.35. The van der Waals surface area contributed by atoms with Gasteiger partial charge in [-0.2, -0.15) is 0 Å². The van der Waals surface area contributed by atoms with E-state index in [0.29, 0.717) is 0 Å². The van der Waals surface area contributed by atoms with Gasteiger partial charge in [0.1, 0.15) is 0 Å². The molecule has 0 radical (unpaired) electrons. The van der Waals surface area contributed by atoms with Gasteiger partial charge in [0.25, 0.3) is 0 Å². The first kappa shape index (κ1) is 10.2. The van der Waals surface area contributed by atoms with Gasteiger partial charge in [0.15, 0.2) is 0 Å². The third-order valence-electron chi connectivity index (χ3n) is 0.319. The number of hydrogen-bond acceptors (Lipinski definition) is 1. The second kappa shape index (κ2) is 6.09. The number of carbonyl (C=O) groups is 1. The van der Waals surface area contributed by atoms with Gasteiger partial charge in [-0.3, -0.25) is 4.79 Å². The zero-order valence-electron chi connectivity index (χ0n) is 3.85. The van der Waals surface area contributed by atoms with Gasteiger partial charge in [-0.15, -0.1) is 6.58 Å². The van der Waals surface area contributed by atoms with Crippen molar-refractivity contribution in [2.45, 2.75) is 6.42 Å². The van der Waals surface area contributed by atoms with Crippen molar-refractivity contribution < 1.29 is 36.1 Å². The molecule has 0 aliphatic heterocycles. The maximum absolute atomic E-state index is 9.53. The van der Waals surface area contributed by atoms with Crippen LogP contribution in [0.25, 0.3) is 0 Å². The minimum atomic E-state index is -0.829. The van der Waals surface area contributed by atoms with Gasteiger partial charge in [0, 0.05) is 0 Å². The predicted molar refractivity (Wildman–Crippen MR) is 22.4 cm³/mol. The quantitative estimate of drug-likeness (QED) is 0.629. The first-order chi connectivity index (χ1) is 2.77. The molecular weight excluding hydrogens is 171 g/mol. The Morgan fingerprint density at radius 3 is 2.29 bits per heavy atom. The monoisotopic (exact) mass is 176 g/mol. The van der Waals surface area contributed by atoms with Crippen molar-refractivity contribution in [3.63, 3.8) is 0 Å². The SMILES string of the molecule is C=CCC(=O)O.[Zr+4]. The van der Waals surface area contributed by atoms with E-state index in [4.69, 9.17) is 5.11 Å². The van der Waals surface area contributed by atoms with Crippen LogP contribution in [0.2, 0.25) is 0 Å². The molecule has 0 unspecified atom stereocenters. The van der Waals surface area contributed by atoms with Crippen molar-refractivity contribution in [1.29, 1.82) is 0 Å². The molecule has 0 aliphatic carbocycles. The molecule has 3 heteroatoms. The molecule has 34 valence electrons. The summed E-state index contributed by atoms with van der Waals surface area (Å²) in [4.78, 5) is 9.53. The minimum Gasteiger partial charge on any atom is -0.481 e. The Kier molecular flexibility index (Phi) is 8.84. The van der Waals surface area contributed by atoms with Gasteiger partial charge in [0.05, 0.1) is 6.42 Å². The standard InChI is InChI=1S/C4H6O2.Zr/c1-2-3-4(5)6;/h2H,1,3H2,(H,5,6);/q;+4. The smallest absolute Gasteiger partial charge is 0.481 e. The molecule has 0 aromatic heterocycles. The summed E-state index contributed by atoms with van der Waals surface area (Å²) in [5.74, 6) is -0.829. The molecule has 0 rings (SSSR count). The van der Waals surface area contributed by atoms with E-state index in [1.54, 1.807) is 0 Å². The van der Waals surface area contributed by atoms with E-state index in [2.05, 4.69) is 6.58 Å². The van der Waals surface area contributed by atoms with Gasteiger partial charge in [-0.05, 0) is 0 Å². The van der Waals surface area contributed by atoms with Gasteiger partial charge in [-0.1, -0.05) is 6.08 Å². The molecule has 0 bridgehead atoms. The summed E-state index contributed by atoms with van der Waals surface area (Å²) in [6.45, 7) is 3.22. The minimum absolute atomic E-state index is 0. The molecule has 0 aromatic rings. The molecule has 1 N–H and O–H groups in total. The van der Waals surface area contributed by atoms with E-state index < -0.39 is 5.97 Å². The molecule has 0 atom stereocenters. The molecule has 0 aliphatic rings. The second-order valence-corrected chi connectivity index (χ2v) is 0.887. The number of carboxylic acid groups (broad SMARTS) is 1. The molecule has 0 amide bonds. The Morgan fingerprint density at radius 1 is 1.86 bits per heavy atom. The Bertz CT molecular complexity index is 70.1. The second-order valence-electron chi connectivity index (χ2n) is 0.887. The van der Waals surface area contributed by atoms with Crippen molar-refractivity contribution in [2.75, 3.05) is 0 Å². The first-order valence-corrected chi connectivity index (χ1v) is 1.60.